The molecule has 1 aliphatic rings. The number of aliphatic carboxylic acids is 2. The minimum absolute atomic E-state index is 0.0467. The van der Waals surface area contributed by atoms with Crippen molar-refractivity contribution in [1.29, 1.82) is 0 Å². The predicted molar refractivity (Wildman–Crippen MR) is 199 cm³/mol. The monoisotopic (exact) mass is 891 g/mol. The molecule has 0 aliphatic heterocycles. The number of carboxylic acid groups (broad SMARTS) is 2. The highest BCUT2D eigenvalue weighted by molar-refractivity contribution is 9.11. The van der Waals surface area contributed by atoms with Crippen molar-refractivity contribution >= 4 is 113 Å². The van der Waals surface area contributed by atoms with E-state index in [1.165, 1.54) is 17.7 Å². The number of aromatic amines is 1. The van der Waals surface area contributed by atoms with Crippen LogP contribution in [0, 0.1) is 0 Å². The fourth-order valence-electron chi connectivity index (χ4n) is 4.69. The predicted octanol–water partition coefficient (Wildman–Crippen LogP) is 6.83. The Morgan fingerprint density at radius 2 is 1.49 bits per heavy atom. The third kappa shape index (κ3) is 10.8. The molecule has 6 rings (SSSR count). The third-order valence-electron chi connectivity index (χ3n) is 6.99. The molecule has 18 heteroatoms. The van der Waals surface area contributed by atoms with Crippen LogP contribution in [-0.2, 0) is 41.5 Å². The van der Waals surface area contributed by atoms with Crippen LogP contribution in [-0.4, -0.2) is 56.1 Å². The van der Waals surface area contributed by atoms with Crippen LogP contribution in [0.5, 0.6) is 0 Å². The maximum atomic E-state index is 12.4. The summed E-state index contributed by atoms with van der Waals surface area (Å²) in [5.41, 5.74) is 10.6. The Kier molecular flexibility index (Phi) is 13.4. The standard InChI is InChI=1S/C15H13BrN2O4S2.C12H13NO2.C4H2BrClO2S2/c16-13-5-6-14(23-13)24(21,22)18-12(15(19)20)7-9-8-17-11-4-2-1-3-10(9)11;13-11(12(14)15)7-9-6-5-8-3-1-2-4-10(8)9;5-3-1-2-4(9-3)10(6,7)8/h1-6,8,12,17-18H,7H2,(H,19,20);1-4,6,11H,5,7,13H2,(H,14,15);1-2H/t12-;11-;/m11./s1. The number of nitrogens with one attached hydrogen (secondary N) is 2. The van der Waals surface area contributed by atoms with Gasteiger partial charge in [0.05, 0.1) is 7.57 Å². The topological polar surface area (TPSA) is 197 Å². The Bertz CT molecular complexity index is 2220. The lowest BCUT2D eigenvalue weighted by molar-refractivity contribution is -0.139. The molecular weight excluding hydrogens is 866 g/mol. The summed E-state index contributed by atoms with van der Waals surface area (Å²) < 4.78 is 49.8. The minimum Gasteiger partial charge on any atom is -0.480 e. The van der Waals surface area contributed by atoms with Crippen LogP contribution in [0.1, 0.15) is 23.1 Å². The van der Waals surface area contributed by atoms with E-state index in [4.69, 9.17) is 21.5 Å². The number of carboxylic acids is 2. The van der Waals surface area contributed by atoms with E-state index in [0.717, 1.165) is 60.5 Å². The van der Waals surface area contributed by atoms with Crippen molar-refractivity contribution in [2.24, 2.45) is 5.73 Å². The number of allylic oxidation sites excluding steroid dienone is 1. The van der Waals surface area contributed by atoms with Crippen molar-refractivity contribution in [3.8, 4) is 0 Å². The van der Waals surface area contributed by atoms with Gasteiger partial charge in [-0.05, 0) is 97.3 Å². The zero-order chi connectivity index (χ0) is 35.9. The van der Waals surface area contributed by atoms with Gasteiger partial charge >= 0.3 is 11.9 Å². The Hall–Kier alpha value is -2.87. The van der Waals surface area contributed by atoms with Crippen LogP contribution in [0.15, 0.2) is 101 Å². The molecule has 49 heavy (non-hydrogen) atoms. The summed E-state index contributed by atoms with van der Waals surface area (Å²) in [6.45, 7) is 0. The molecule has 0 fully saturated rings. The molecule has 5 aromatic rings. The largest absolute Gasteiger partial charge is 0.480 e. The molecule has 0 amide bonds. The lowest BCUT2D eigenvalue weighted by Crippen LogP contribution is -2.41. The van der Waals surface area contributed by atoms with E-state index < -0.39 is 43.1 Å². The number of benzene rings is 2. The Morgan fingerprint density at radius 1 is 0.878 bits per heavy atom. The Morgan fingerprint density at radius 3 is 2.06 bits per heavy atom. The van der Waals surface area contributed by atoms with Crippen LogP contribution in [0.3, 0.4) is 0 Å². The van der Waals surface area contributed by atoms with E-state index in [1.54, 1.807) is 18.3 Å². The second-order valence-corrected chi connectivity index (χ2v) is 20.0. The van der Waals surface area contributed by atoms with Gasteiger partial charge in [0.2, 0.25) is 0 Å². The Balaban J connectivity index is 0.000000184. The van der Waals surface area contributed by atoms with Gasteiger partial charge in [0.1, 0.15) is 20.5 Å². The van der Waals surface area contributed by atoms with E-state index in [0.29, 0.717) is 10.2 Å². The van der Waals surface area contributed by atoms with Gasteiger partial charge in [0.25, 0.3) is 19.1 Å². The molecule has 0 bridgehead atoms. The van der Waals surface area contributed by atoms with Gasteiger partial charge in [0, 0.05) is 34.2 Å². The normalized spacial score (nSPS) is 13.7. The SMILES string of the molecule is N[C@H](CC1=CCc2ccccc21)C(=O)O.O=C(O)[C@@H](Cc1c[nH]c2ccccc12)NS(=O)(=O)c1ccc(Br)s1.O=S(=O)(Cl)c1ccc(Br)s1. The van der Waals surface area contributed by atoms with Crippen molar-refractivity contribution in [2.45, 2.75) is 39.8 Å². The average Bonchev–Trinajstić information content (AvgIpc) is 3.85. The summed E-state index contributed by atoms with van der Waals surface area (Å²) in [5, 5.41) is 19.0. The van der Waals surface area contributed by atoms with Crippen LogP contribution < -0.4 is 10.5 Å². The lowest BCUT2D eigenvalue weighted by Gasteiger charge is -2.13. The first-order chi connectivity index (χ1) is 23.0. The van der Waals surface area contributed by atoms with Crippen molar-refractivity contribution in [2.75, 3.05) is 0 Å². The highest BCUT2D eigenvalue weighted by Gasteiger charge is 2.27. The molecule has 2 aromatic carbocycles. The lowest BCUT2D eigenvalue weighted by atomic mass is 10.0. The first-order valence-electron chi connectivity index (χ1n) is 14.1. The molecule has 1 aliphatic carbocycles. The average molecular weight is 894 g/mol. The summed E-state index contributed by atoms with van der Waals surface area (Å²) in [7, 11) is -2.38. The number of H-pyrrole nitrogens is 1. The second kappa shape index (κ2) is 16.9. The molecule has 3 aromatic heterocycles. The molecule has 6 N–H and O–H groups in total. The summed E-state index contributed by atoms with van der Waals surface area (Å²) in [6.07, 6.45) is 5.11. The quantitative estimate of drug-likeness (QED) is 0.0934. The van der Waals surface area contributed by atoms with Crippen LogP contribution in [0.2, 0.25) is 0 Å². The number of thiophene rings is 2. The van der Waals surface area contributed by atoms with Gasteiger partial charge in [-0.2, -0.15) is 4.72 Å². The molecule has 260 valence electrons. The summed E-state index contributed by atoms with van der Waals surface area (Å²) in [5.74, 6) is -2.17. The number of rotatable bonds is 10. The van der Waals surface area contributed by atoms with E-state index in [2.05, 4.69) is 53.7 Å². The highest BCUT2D eigenvalue weighted by atomic mass is 79.9. The van der Waals surface area contributed by atoms with Gasteiger partial charge in [-0.15, -0.1) is 22.7 Å². The number of sulfonamides is 1. The number of hydrogen-bond acceptors (Lipinski definition) is 9. The summed E-state index contributed by atoms with van der Waals surface area (Å²) in [6, 6.07) is 19.6. The highest BCUT2D eigenvalue weighted by Crippen LogP contribution is 2.31. The smallest absolute Gasteiger partial charge is 0.322 e. The number of fused-ring (bicyclic) bond motifs is 2. The zero-order valence-corrected chi connectivity index (χ0v) is 32.2. The van der Waals surface area contributed by atoms with E-state index >= 15 is 0 Å². The number of halogens is 3. The second-order valence-electron chi connectivity index (χ2n) is 10.4. The maximum Gasteiger partial charge on any atom is 0.322 e. The fourth-order valence-corrected chi connectivity index (χ4v) is 10.7. The van der Waals surface area contributed by atoms with Gasteiger partial charge in [-0.25, -0.2) is 16.8 Å². The van der Waals surface area contributed by atoms with Gasteiger partial charge in [-0.3, -0.25) is 9.59 Å². The number of carbonyl (C=O) groups is 2. The van der Waals surface area contributed by atoms with E-state index in [-0.39, 0.29) is 14.8 Å². The molecule has 0 saturated heterocycles. The van der Waals surface area contributed by atoms with Crippen LogP contribution >= 0.6 is 65.2 Å². The van der Waals surface area contributed by atoms with Crippen molar-refractivity contribution in [1.82, 2.24) is 9.71 Å². The zero-order valence-electron chi connectivity index (χ0n) is 25.0. The van der Waals surface area contributed by atoms with Crippen LogP contribution in [0.4, 0.5) is 0 Å². The molecule has 2 atom stereocenters. The van der Waals surface area contributed by atoms with E-state index in [1.807, 2.05) is 42.5 Å². The maximum absolute atomic E-state index is 12.4. The fraction of sp³-hybridized carbons (Fsp3) is 0.161. The first kappa shape index (κ1) is 38.9. The number of aromatic nitrogens is 1. The summed E-state index contributed by atoms with van der Waals surface area (Å²) in [4.78, 5) is 25.2. The third-order valence-corrected chi connectivity index (χ3v) is 14.3. The molecule has 0 saturated carbocycles. The molecule has 0 spiro atoms. The molecule has 11 nitrogen and oxygen atoms in total. The summed E-state index contributed by atoms with van der Waals surface area (Å²) >= 11 is 8.44. The molecule has 0 radical (unpaired) electrons. The molecule has 3 heterocycles. The van der Waals surface area contributed by atoms with Crippen molar-refractivity contribution in [3.63, 3.8) is 0 Å². The van der Waals surface area contributed by atoms with Crippen molar-refractivity contribution in [3.05, 3.63) is 109 Å². The number of nitrogens with two attached hydrogens (primary N) is 1. The van der Waals surface area contributed by atoms with E-state index in [9.17, 15) is 31.5 Å². The van der Waals surface area contributed by atoms with Crippen LogP contribution in [0.25, 0.3) is 16.5 Å². The van der Waals surface area contributed by atoms with Gasteiger partial charge < -0.3 is 20.9 Å². The minimum atomic E-state index is -3.89. The Labute approximate surface area is 311 Å². The number of hydrogen-bond donors (Lipinski definition) is 5. The number of para-hydroxylation sites is 1. The van der Waals surface area contributed by atoms with Gasteiger partial charge in [-0.1, -0.05) is 48.5 Å². The first-order valence-corrected chi connectivity index (χ1v) is 21.1. The molecular formula is C31H28Br2ClN3O8S4. The molecule has 0 unspecified atom stereocenters. The van der Waals surface area contributed by atoms with Gasteiger partial charge in [0.15, 0.2) is 0 Å². The van der Waals surface area contributed by atoms with Crippen molar-refractivity contribution < 1.29 is 36.6 Å².